The zero-order valence-electron chi connectivity index (χ0n) is 16.8. The third-order valence-corrected chi connectivity index (χ3v) is 4.33. The molecule has 2 aromatic rings. The number of ether oxygens (including phenoxy) is 2. The number of nitrogens with zero attached hydrogens (tertiary/aromatic N) is 1. The Kier molecular flexibility index (Phi) is 8.94. The monoisotopic (exact) mass is 386 g/mol. The molecular weight excluding hydrogens is 356 g/mol. The lowest BCUT2D eigenvalue weighted by Crippen LogP contribution is -2.37. The lowest BCUT2D eigenvalue weighted by Gasteiger charge is -2.25. The van der Waals surface area contributed by atoms with E-state index in [9.17, 15) is 9.90 Å². The fourth-order valence-corrected chi connectivity index (χ4v) is 2.81. The number of esters is 1. The highest BCUT2D eigenvalue weighted by molar-refractivity contribution is 5.89. The van der Waals surface area contributed by atoms with Crippen molar-refractivity contribution in [2.24, 2.45) is 0 Å². The van der Waals surface area contributed by atoms with Gasteiger partial charge in [0, 0.05) is 19.1 Å². The van der Waals surface area contributed by atoms with Gasteiger partial charge in [0.2, 0.25) is 0 Å². The van der Waals surface area contributed by atoms with E-state index >= 15 is 0 Å². The predicted molar refractivity (Wildman–Crippen MR) is 110 cm³/mol. The van der Waals surface area contributed by atoms with Crippen molar-refractivity contribution >= 4 is 5.97 Å². The van der Waals surface area contributed by atoms with Gasteiger partial charge < -0.3 is 24.8 Å². The maximum Gasteiger partial charge on any atom is 0.338 e. The Bertz CT molecular complexity index is 704. The number of benzene rings is 2. The second-order valence-corrected chi connectivity index (χ2v) is 6.76. The van der Waals surface area contributed by atoms with Gasteiger partial charge in [0.25, 0.3) is 0 Å². The molecule has 2 N–H and O–H groups in total. The zero-order valence-corrected chi connectivity index (χ0v) is 16.8. The molecule has 0 unspecified atom stereocenters. The Balaban J connectivity index is 1.75. The molecule has 28 heavy (non-hydrogen) atoms. The van der Waals surface area contributed by atoms with Gasteiger partial charge >= 0.3 is 5.97 Å². The molecular formula is C22H30N2O4. The van der Waals surface area contributed by atoms with E-state index in [1.807, 2.05) is 32.3 Å². The molecule has 0 spiro atoms. The highest BCUT2D eigenvalue weighted by Gasteiger charge is 2.14. The van der Waals surface area contributed by atoms with Gasteiger partial charge in [0.15, 0.2) is 0 Å². The molecule has 6 heteroatoms. The highest BCUT2D eigenvalue weighted by Crippen LogP contribution is 2.17. The van der Waals surface area contributed by atoms with Crippen LogP contribution in [0.25, 0.3) is 0 Å². The third-order valence-electron chi connectivity index (χ3n) is 4.33. The third kappa shape index (κ3) is 6.96. The number of nitrogens with one attached hydrogen (secondary N) is 1. The van der Waals surface area contributed by atoms with Crippen molar-refractivity contribution in [3.05, 3.63) is 65.7 Å². The zero-order chi connectivity index (χ0) is 20.4. The van der Waals surface area contributed by atoms with Gasteiger partial charge in [-0.25, -0.2) is 4.79 Å². The molecule has 0 aliphatic heterocycles. The van der Waals surface area contributed by atoms with E-state index in [1.165, 1.54) is 5.56 Å². The minimum atomic E-state index is -0.636. The number of aliphatic hydroxyl groups excluding tert-OH is 1. The lowest BCUT2D eigenvalue weighted by atomic mass is 10.1. The van der Waals surface area contributed by atoms with Crippen molar-refractivity contribution in [2.45, 2.75) is 19.1 Å². The molecule has 0 saturated heterocycles. The average molecular weight is 386 g/mol. The molecule has 0 aliphatic carbocycles. The molecule has 0 radical (unpaired) electrons. The molecule has 2 atom stereocenters. The molecule has 0 heterocycles. The summed E-state index contributed by atoms with van der Waals surface area (Å²) in [7, 11) is 4.08. The summed E-state index contributed by atoms with van der Waals surface area (Å²) < 4.78 is 10.5. The van der Waals surface area contributed by atoms with Crippen LogP contribution in [0.1, 0.15) is 28.9 Å². The fraction of sp³-hybridized carbons (Fsp3) is 0.409. The molecule has 152 valence electrons. The molecule has 0 aromatic heterocycles. The van der Waals surface area contributed by atoms with Crippen LogP contribution < -0.4 is 10.1 Å². The highest BCUT2D eigenvalue weighted by atomic mass is 16.5. The van der Waals surface area contributed by atoms with Crippen molar-refractivity contribution in [1.82, 2.24) is 10.2 Å². The Morgan fingerprint density at radius 1 is 1.07 bits per heavy atom. The molecule has 0 bridgehead atoms. The van der Waals surface area contributed by atoms with E-state index in [4.69, 9.17) is 9.47 Å². The number of aliphatic hydroxyl groups is 1. The van der Waals surface area contributed by atoms with Crippen molar-refractivity contribution in [3.8, 4) is 5.75 Å². The number of likely N-dealkylation sites (N-methyl/N-ethyl adjacent to an activating group) is 1. The van der Waals surface area contributed by atoms with E-state index in [1.54, 1.807) is 31.2 Å². The fourth-order valence-electron chi connectivity index (χ4n) is 2.81. The van der Waals surface area contributed by atoms with Gasteiger partial charge in [-0.2, -0.15) is 0 Å². The van der Waals surface area contributed by atoms with Gasteiger partial charge in [-0.05, 0) is 50.8 Å². The van der Waals surface area contributed by atoms with Crippen LogP contribution >= 0.6 is 0 Å². The van der Waals surface area contributed by atoms with Crippen molar-refractivity contribution < 1.29 is 19.4 Å². The van der Waals surface area contributed by atoms with Crippen LogP contribution in [-0.4, -0.2) is 62.5 Å². The van der Waals surface area contributed by atoms with Crippen LogP contribution in [0.15, 0.2) is 54.6 Å². The van der Waals surface area contributed by atoms with Crippen LogP contribution in [0, 0.1) is 0 Å². The molecule has 0 aliphatic rings. The van der Waals surface area contributed by atoms with Crippen LogP contribution in [0.3, 0.4) is 0 Å². The first-order valence-corrected chi connectivity index (χ1v) is 9.51. The quantitative estimate of drug-likeness (QED) is 0.578. The Labute approximate surface area is 167 Å². The summed E-state index contributed by atoms with van der Waals surface area (Å²) in [4.78, 5) is 13.8. The number of rotatable bonds is 11. The molecule has 6 nitrogen and oxygen atoms in total. The predicted octanol–water partition coefficient (Wildman–Crippen LogP) is 2.50. The van der Waals surface area contributed by atoms with Gasteiger partial charge in [-0.15, -0.1) is 0 Å². The van der Waals surface area contributed by atoms with E-state index < -0.39 is 6.10 Å². The summed E-state index contributed by atoms with van der Waals surface area (Å²) in [5.41, 5.74) is 1.71. The molecule has 2 rings (SSSR count). The summed E-state index contributed by atoms with van der Waals surface area (Å²) in [5.74, 6) is 0.245. The minimum absolute atomic E-state index is 0.170. The summed E-state index contributed by atoms with van der Waals surface area (Å²) >= 11 is 0. The second kappa shape index (κ2) is 11.4. The van der Waals surface area contributed by atoms with E-state index in [0.717, 1.165) is 6.54 Å². The first-order chi connectivity index (χ1) is 13.5. The average Bonchev–Trinajstić information content (AvgIpc) is 2.70. The first kappa shape index (κ1) is 21.9. The van der Waals surface area contributed by atoms with Gasteiger partial charge in [0.05, 0.1) is 12.2 Å². The summed E-state index contributed by atoms with van der Waals surface area (Å²) in [6, 6.07) is 17.2. The standard InChI is InChI=1S/C22H30N2O4/c1-4-27-22(26)18-10-12-20(13-11-18)28-16-19(25)14-23-15-21(24(2)3)17-8-6-5-7-9-17/h5-13,19,21,23,25H,4,14-16H2,1-3H3/t19-,21+/m1/s1. The maximum absolute atomic E-state index is 11.6. The molecule has 2 aromatic carbocycles. The normalized spacial score (nSPS) is 13.2. The van der Waals surface area contributed by atoms with Gasteiger partial charge in [-0.1, -0.05) is 30.3 Å². The van der Waals surface area contributed by atoms with Crippen LogP contribution in [0.4, 0.5) is 0 Å². The number of hydrogen-bond donors (Lipinski definition) is 2. The molecule has 0 amide bonds. The SMILES string of the molecule is CCOC(=O)c1ccc(OC[C@H](O)CNC[C@@H](c2ccccc2)N(C)C)cc1. The van der Waals surface area contributed by atoms with Crippen molar-refractivity contribution in [2.75, 3.05) is 40.4 Å². The maximum atomic E-state index is 11.6. The number of hydrogen-bond acceptors (Lipinski definition) is 6. The Morgan fingerprint density at radius 3 is 2.36 bits per heavy atom. The topological polar surface area (TPSA) is 71.0 Å². The molecule has 0 fully saturated rings. The second-order valence-electron chi connectivity index (χ2n) is 6.76. The largest absolute Gasteiger partial charge is 0.491 e. The van der Waals surface area contributed by atoms with Gasteiger partial charge in [0.1, 0.15) is 18.5 Å². The van der Waals surface area contributed by atoms with Crippen molar-refractivity contribution in [1.29, 1.82) is 0 Å². The van der Waals surface area contributed by atoms with E-state index in [2.05, 4.69) is 22.3 Å². The van der Waals surface area contributed by atoms with E-state index in [0.29, 0.717) is 24.5 Å². The van der Waals surface area contributed by atoms with Crippen LogP contribution in [0.2, 0.25) is 0 Å². The molecule has 0 saturated carbocycles. The minimum Gasteiger partial charge on any atom is -0.491 e. The summed E-state index contributed by atoms with van der Waals surface area (Å²) in [5, 5.41) is 13.5. The Hall–Kier alpha value is -2.41. The Morgan fingerprint density at radius 2 is 1.75 bits per heavy atom. The van der Waals surface area contributed by atoms with Crippen LogP contribution in [-0.2, 0) is 4.74 Å². The lowest BCUT2D eigenvalue weighted by molar-refractivity contribution is 0.0526. The summed E-state index contributed by atoms with van der Waals surface area (Å²) in [6.07, 6.45) is -0.636. The number of carbonyl (C=O) groups is 1. The first-order valence-electron chi connectivity index (χ1n) is 9.51. The smallest absolute Gasteiger partial charge is 0.338 e. The van der Waals surface area contributed by atoms with Gasteiger partial charge in [-0.3, -0.25) is 0 Å². The summed E-state index contributed by atoms with van der Waals surface area (Å²) in [6.45, 7) is 3.44. The number of carbonyl (C=O) groups excluding carboxylic acids is 1. The van der Waals surface area contributed by atoms with E-state index in [-0.39, 0.29) is 18.6 Å². The van der Waals surface area contributed by atoms with Crippen molar-refractivity contribution in [3.63, 3.8) is 0 Å². The van der Waals surface area contributed by atoms with Crippen LogP contribution in [0.5, 0.6) is 5.75 Å².